The van der Waals surface area contributed by atoms with E-state index in [0.717, 1.165) is 22.1 Å². The maximum absolute atomic E-state index is 11.3. The predicted molar refractivity (Wildman–Crippen MR) is 73.9 cm³/mol. The van der Waals surface area contributed by atoms with Gasteiger partial charge >= 0.3 is 5.91 Å². The van der Waals surface area contributed by atoms with Gasteiger partial charge in [0.2, 0.25) is 0 Å². The summed E-state index contributed by atoms with van der Waals surface area (Å²) >= 11 is 2.97. The van der Waals surface area contributed by atoms with Gasteiger partial charge in [0.05, 0.1) is 0 Å². The summed E-state index contributed by atoms with van der Waals surface area (Å²) < 4.78 is 10.5. The predicted octanol–water partition coefficient (Wildman–Crippen LogP) is 1.90. The minimum Gasteiger partial charge on any atom is -0.456 e. The molecule has 0 unspecified atom stereocenters. The van der Waals surface area contributed by atoms with E-state index in [9.17, 15) is 4.79 Å². The van der Waals surface area contributed by atoms with Crippen molar-refractivity contribution in [3.63, 3.8) is 0 Å². The van der Waals surface area contributed by atoms with Crippen LogP contribution in [0.3, 0.4) is 0 Å². The van der Waals surface area contributed by atoms with Gasteiger partial charge in [0.1, 0.15) is 11.6 Å². The molecule has 3 N–H and O–H groups in total. The molecule has 0 atom stereocenters. The summed E-state index contributed by atoms with van der Waals surface area (Å²) in [5.41, 5.74) is 3.00. The Labute approximate surface area is 118 Å². The Kier molecular flexibility index (Phi) is 4.56. The van der Waals surface area contributed by atoms with E-state index in [4.69, 9.17) is 10.3 Å². The average Bonchev–Trinajstić information content (AvgIpc) is 3.02. The Bertz CT molecular complexity index is 579. The van der Waals surface area contributed by atoms with Crippen LogP contribution in [-0.2, 0) is 12.2 Å². The molecule has 0 fully saturated rings. The van der Waals surface area contributed by atoms with Crippen molar-refractivity contribution >= 4 is 29.2 Å². The number of carbonyl (C=O) groups is 1. The molecule has 0 aliphatic carbocycles. The molecule has 0 radical (unpaired) electrons. The van der Waals surface area contributed by atoms with Crippen LogP contribution in [0.15, 0.2) is 14.8 Å². The Morgan fingerprint density at radius 1 is 1.63 bits per heavy atom. The highest BCUT2D eigenvalue weighted by Gasteiger charge is 2.14. The third-order valence-electron chi connectivity index (χ3n) is 2.49. The van der Waals surface area contributed by atoms with Crippen LogP contribution in [0.1, 0.15) is 34.6 Å². The van der Waals surface area contributed by atoms with Crippen molar-refractivity contribution in [2.75, 3.05) is 0 Å². The zero-order valence-corrected chi connectivity index (χ0v) is 12.2. The molecule has 2 aromatic rings. The highest BCUT2D eigenvalue weighted by molar-refractivity contribution is 8.00. The van der Waals surface area contributed by atoms with Crippen molar-refractivity contribution in [3.8, 4) is 0 Å². The topological polar surface area (TPSA) is 94.0 Å². The first-order valence-electron chi connectivity index (χ1n) is 5.69. The van der Waals surface area contributed by atoms with Crippen LogP contribution in [-0.4, -0.2) is 15.3 Å². The number of amides is 1. The fourth-order valence-corrected chi connectivity index (χ4v) is 3.16. The summed E-state index contributed by atoms with van der Waals surface area (Å²) in [4.78, 5) is 15.7. The van der Waals surface area contributed by atoms with Crippen LogP contribution in [0.25, 0.3) is 0 Å². The summed E-state index contributed by atoms with van der Waals surface area (Å²) in [6, 6.07) is 1.70. The zero-order valence-electron chi connectivity index (χ0n) is 10.6. The lowest BCUT2D eigenvalue weighted by Crippen LogP contribution is -2.29. The molecule has 8 heteroatoms. The minimum atomic E-state index is -0.427. The first-order valence-corrected chi connectivity index (χ1v) is 7.45. The molecule has 2 rings (SSSR count). The van der Waals surface area contributed by atoms with Crippen molar-refractivity contribution < 1.29 is 9.21 Å². The van der Waals surface area contributed by atoms with Gasteiger partial charge in [-0.15, -0.1) is 0 Å². The smallest absolute Gasteiger partial charge is 0.300 e. The van der Waals surface area contributed by atoms with Gasteiger partial charge in [0, 0.05) is 17.7 Å². The highest BCUT2D eigenvalue weighted by Crippen LogP contribution is 2.27. The maximum atomic E-state index is 11.3. The number of aryl methyl sites for hydroxylation is 2. The van der Waals surface area contributed by atoms with Gasteiger partial charge in [0.15, 0.2) is 10.1 Å². The number of aromatic nitrogens is 2. The molecular formula is C11H14N4O2S2. The van der Waals surface area contributed by atoms with E-state index < -0.39 is 5.91 Å². The molecule has 1 amide bonds. The van der Waals surface area contributed by atoms with Crippen LogP contribution < -0.4 is 11.3 Å². The number of hydrogen-bond acceptors (Lipinski definition) is 7. The van der Waals surface area contributed by atoms with Gasteiger partial charge in [-0.2, -0.15) is 4.37 Å². The van der Waals surface area contributed by atoms with Gasteiger partial charge in [-0.1, -0.05) is 18.7 Å². The number of furan rings is 1. The summed E-state index contributed by atoms with van der Waals surface area (Å²) in [6.07, 6.45) is 0.836. The molecule has 0 saturated carbocycles. The molecule has 0 bridgehead atoms. The quantitative estimate of drug-likeness (QED) is 0.379. The molecule has 6 nitrogen and oxygen atoms in total. The largest absolute Gasteiger partial charge is 0.456 e. The summed E-state index contributed by atoms with van der Waals surface area (Å²) in [5.74, 6) is 7.12. The Morgan fingerprint density at radius 3 is 3.05 bits per heavy atom. The second-order valence-electron chi connectivity index (χ2n) is 3.78. The molecule has 0 spiro atoms. The number of nitrogens with two attached hydrogens (primary N) is 1. The van der Waals surface area contributed by atoms with Crippen LogP contribution in [0.2, 0.25) is 0 Å². The summed E-state index contributed by atoms with van der Waals surface area (Å²) in [6.45, 7) is 3.84. The van der Waals surface area contributed by atoms with E-state index in [1.54, 1.807) is 17.8 Å². The van der Waals surface area contributed by atoms with Crippen LogP contribution >= 0.6 is 23.3 Å². The molecule has 2 aromatic heterocycles. The highest BCUT2D eigenvalue weighted by atomic mass is 32.2. The lowest BCUT2D eigenvalue weighted by Gasteiger charge is -1.94. The molecule has 0 aromatic carbocycles. The molecule has 0 aliphatic rings. The Balaban J connectivity index is 2.03. The van der Waals surface area contributed by atoms with Gasteiger partial charge in [-0.25, -0.2) is 10.8 Å². The Morgan fingerprint density at radius 2 is 2.42 bits per heavy atom. The molecule has 2 heterocycles. The Hall–Kier alpha value is -1.38. The maximum Gasteiger partial charge on any atom is 0.300 e. The lowest BCUT2D eigenvalue weighted by molar-refractivity contribution is 0.0924. The van der Waals surface area contributed by atoms with E-state index in [1.165, 1.54) is 11.5 Å². The van der Waals surface area contributed by atoms with Crippen molar-refractivity contribution in [2.24, 2.45) is 5.84 Å². The number of hydrogen-bond donors (Lipinski definition) is 2. The SMILES string of the molecule is CCc1nsc(SCc2cc(C(=O)NN)oc2C)n1. The van der Waals surface area contributed by atoms with Crippen molar-refractivity contribution in [1.29, 1.82) is 0 Å². The molecule has 0 aliphatic heterocycles. The first kappa shape index (κ1) is 14.0. The van der Waals surface area contributed by atoms with E-state index in [0.29, 0.717) is 11.5 Å². The second-order valence-corrected chi connectivity index (χ2v) is 5.76. The molecule has 0 saturated heterocycles. The number of rotatable bonds is 5. The molecule has 19 heavy (non-hydrogen) atoms. The monoisotopic (exact) mass is 298 g/mol. The minimum absolute atomic E-state index is 0.224. The van der Waals surface area contributed by atoms with Crippen molar-refractivity contribution in [1.82, 2.24) is 14.8 Å². The summed E-state index contributed by atoms with van der Waals surface area (Å²) in [5, 5.41) is 0. The average molecular weight is 298 g/mol. The lowest BCUT2D eigenvalue weighted by atomic mass is 10.3. The fourth-order valence-electron chi connectivity index (χ4n) is 1.43. The van der Waals surface area contributed by atoms with E-state index in [2.05, 4.69) is 9.36 Å². The first-order chi connectivity index (χ1) is 9.13. The molecular weight excluding hydrogens is 284 g/mol. The summed E-state index contributed by atoms with van der Waals surface area (Å²) in [7, 11) is 0. The normalized spacial score (nSPS) is 10.7. The zero-order chi connectivity index (χ0) is 13.8. The van der Waals surface area contributed by atoms with Crippen molar-refractivity contribution in [3.05, 3.63) is 29.0 Å². The van der Waals surface area contributed by atoms with Crippen LogP contribution in [0.4, 0.5) is 0 Å². The number of nitrogens with one attached hydrogen (secondary N) is 1. The van der Waals surface area contributed by atoms with Gasteiger partial charge in [-0.05, 0) is 24.5 Å². The van der Waals surface area contributed by atoms with Gasteiger partial charge < -0.3 is 4.42 Å². The van der Waals surface area contributed by atoms with E-state index in [-0.39, 0.29) is 5.76 Å². The van der Waals surface area contributed by atoms with Gasteiger partial charge in [-0.3, -0.25) is 10.2 Å². The van der Waals surface area contributed by atoms with E-state index in [1.807, 2.05) is 19.3 Å². The number of hydrazine groups is 1. The fraction of sp³-hybridized carbons (Fsp3) is 0.364. The van der Waals surface area contributed by atoms with E-state index >= 15 is 0 Å². The number of nitrogen functional groups attached to an aromatic ring is 1. The number of carbonyl (C=O) groups excluding carboxylic acids is 1. The third kappa shape index (κ3) is 3.34. The number of nitrogens with zero attached hydrogens (tertiary/aromatic N) is 2. The van der Waals surface area contributed by atoms with Crippen LogP contribution in [0.5, 0.6) is 0 Å². The van der Waals surface area contributed by atoms with Crippen molar-refractivity contribution in [2.45, 2.75) is 30.4 Å². The second kappa shape index (κ2) is 6.18. The third-order valence-corrected chi connectivity index (χ3v) is 4.41. The standard InChI is InChI=1S/C11H14N4O2S2/c1-3-9-13-11(19-15-9)18-5-7-4-8(10(16)14-12)17-6(7)2/h4H,3,5,12H2,1-2H3,(H,14,16). The van der Waals surface area contributed by atoms with Gasteiger partial charge in [0.25, 0.3) is 0 Å². The molecule has 102 valence electrons. The van der Waals surface area contributed by atoms with Crippen LogP contribution in [0, 0.1) is 6.92 Å². The number of thioether (sulfide) groups is 1.